The van der Waals surface area contributed by atoms with Gasteiger partial charge in [0.15, 0.2) is 0 Å². The molecule has 1 rings (SSSR count). The van der Waals surface area contributed by atoms with Gasteiger partial charge in [-0.2, -0.15) is 0 Å². The fourth-order valence-electron chi connectivity index (χ4n) is 2.94. The van der Waals surface area contributed by atoms with Crippen molar-refractivity contribution in [3.8, 4) is 0 Å². The summed E-state index contributed by atoms with van der Waals surface area (Å²) in [4.78, 5) is 25.7. The molecule has 0 aromatic rings. The second kappa shape index (κ2) is 7.62. The fourth-order valence-corrected chi connectivity index (χ4v) is 2.94. The van der Waals surface area contributed by atoms with Crippen LogP contribution in [0.15, 0.2) is 0 Å². The third-order valence-electron chi connectivity index (χ3n) is 4.49. The van der Waals surface area contributed by atoms with Crippen molar-refractivity contribution in [2.75, 3.05) is 19.6 Å². The molecule has 0 saturated heterocycles. The number of carbonyl (C=O) groups is 2. The van der Waals surface area contributed by atoms with Gasteiger partial charge in [0.25, 0.3) is 0 Å². The smallest absolute Gasteiger partial charge is 0.237 e. The maximum Gasteiger partial charge on any atom is 0.237 e. The van der Waals surface area contributed by atoms with E-state index in [2.05, 4.69) is 13.8 Å². The Morgan fingerprint density at radius 1 is 1.30 bits per heavy atom. The number of nitrogens with zero attached hydrogens (tertiary/aromatic N) is 1. The van der Waals surface area contributed by atoms with Gasteiger partial charge >= 0.3 is 0 Å². The quantitative estimate of drug-likeness (QED) is 0.737. The van der Waals surface area contributed by atoms with Crippen molar-refractivity contribution in [3.63, 3.8) is 0 Å². The largest absolute Gasteiger partial charge is 0.368 e. The molecule has 1 fully saturated rings. The number of nitrogens with two attached hydrogens (primary N) is 2. The zero-order chi connectivity index (χ0) is 15.2. The molecule has 2 amide bonds. The lowest BCUT2D eigenvalue weighted by Gasteiger charge is -2.40. The van der Waals surface area contributed by atoms with E-state index < -0.39 is 11.3 Å². The van der Waals surface area contributed by atoms with Gasteiger partial charge < -0.3 is 16.4 Å². The lowest BCUT2D eigenvalue weighted by molar-refractivity contribution is -0.146. The first kappa shape index (κ1) is 17.0. The maximum absolute atomic E-state index is 12.8. The Labute approximate surface area is 122 Å². The number of amides is 2. The minimum absolute atomic E-state index is 0.0101. The molecule has 0 unspecified atom stereocenters. The highest BCUT2D eigenvalue weighted by molar-refractivity contribution is 5.87. The predicted molar refractivity (Wildman–Crippen MR) is 79.8 cm³/mol. The number of hydrogen-bond acceptors (Lipinski definition) is 3. The summed E-state index contributed by atoms with van der Waals surface area (Å²) in [7, 11) is 0. The topological polar surface area (TPSA) is 89.4 Å². The van der Waals surface area contributed by atoms with Crippen molar-refractivity contribution in [2.24, 2.45) is 22.8 Å². The zero-order valence-electron chi connectivity index (χ0n) is 12.9. The molecule has 1 aliphatic rings. The molecule has 0 aliphatic heterocycles. The molecular weight excluding hydrogens is 254 g/mol. The normalized spacial score (nSPS) is 26.2. The summed E-state index contributed by atoms with van der Waals surface area (Å²) < 4.78 is 0. The number of unbranched alkanes of at least 4 members (excludes halogenated alkanes) is 1. The third kappa shape index (κ3) is 4.20. The Kier molecular flexibility index (Phi) is 6.46. The highest BCUT2D eigenvalue weighted by Gasteiger charge is 2.42. The van der Waals surface area contributed by atoms with E-state index in [-0.39, 0.29) is 12.5 Å². The van der Waals surface area contributed by atoms with Gasteiger partial charge in [-0.15, -0.1) is 0 Å². The average molecular weight is 283 g/mol. The zero-order valence-corrected chi connectivity index (χ0v) is 12.9. The molecule has 0 atom stereocenters. The van der Waals surface area contributed by atoms with Gasteiger partial charge in [0.1, 0.15) is 0 Å². The number of rotatable bonds is 7. The Morgan fingerprint density at radius 2 is 1.90 bits per heavy atom. The molecule has 0 aromatic carbocycles. The Morgan fingerprint density at radius 3 is 2.35 bits per heavy atom. The van der Waals surface area contributed by atoms with Crippen LogP contribution < -0.4 is 11.5 Å². The molecule has 5 nitrogen and oxygen atoms in total. The van der Waals surface area contributed by atoms with Gasteiger partial charge in [0.05, 0.1) is 12.0 Å². The van der Waals surface area contributed by atoms with Gasteiger partial charge in [0.2, 0.25) is 11.8 Å². The van der Waals surface area contributed by atoms with Crippen LogP contribution in [-0.2, 0) is 9.59 Å². The first-order valence-electron chi connectivity index (χ1n) is 7.73. The Balaban J connectivity index is 2.81. The van der Waals surface area contributed by atoms with Crippen molar-refractivity contribution in [2.45, 2.75) is 52.4 Å². The first-order valence-corrected chi connectivity index (χ1v) is 7.73. The van der Waals surface area contributed by atoms with Gasteiger partial charge in [-0.25, -0.2) is 0 Å². The van der Waals surface area contributed by atoms with Crippen LogP contribution in [-0.4, -0.2) is 36.3 Å². The molecular formula is C15H29N3O2. The van der Waals surface area contributed by atoms with E-state index >= 15 is 0 Å². The molecule has 0 spiro atoms. The monoisotopic (exact) mass is 283 g/mol. The van der Waals surface area contributed by atoms with Crippen LogP contribution in [0.1, 0.15) is 52.4 Å². The van der Waals surface area contributed by atoms with Crippen molar-refractivity contribution in [1.82, 2.24) is 4.90 Å². The second-order valence-corrected chi connectivity index (χ2v) is 6.21. The first-order chi connectivity index (χ1) is 9.45. The van der Waals surface area contributed by atoms with Crippen molar-refractivity contribution in [3.05, 3.63) is 0 Å². The van der Waals surface area contributed by atoms with Crippen LogP contribution in [0.4, 0.5) is 0 Å². The van der Waals surface area contributed by atoms with Gasteiger partial charge in [-0.3, -0.25) is 9.59 Å². The summed E-state index contributed by atoms with van der Waals surface area (Å²) in [6.07, 6.45) is 5.57. The van der Waals surface area contributed by atoms with Crippen LogP contribution in [0, 0.1) is 11.3 Å². The summed E-state index contributed by atoms with van der Waals surface area (Å²) in [5.41, 5.74) is 10.7. The van der Waals surface area contributed by atoms with Crippen molar-refractivity contribution >= 4 is 11.8 Å². The van der Waals surface area contributed by atoms with E-state index in [0.29, 0.717) is 19.0 Å². The molecule has 0 aromatic heterocycles. The minimum atomic E-state index is -0.476. The molecule has 1 saturated carbocycles. The second-order valence-electron chi connectivity index (χ2n) is 6.21. The SMILES string of the molecule is CCCCN(CC(N)=O)C(=O)C1(CN)CCC(C)CC1. The molecule has 4 N–H and O–H groups in total. The summed E-state index contributed by atoms with van der Waals surface area (Å²) in [5, 5.41) is 0. The van der Waals surface area contributed by atoms with Crippen LogP contribution in [0.2, 0.25) is 0 Å². The number of primary amides is 1. The average Bonchev–Trinajstić information content (AvgIpc) is 2.43. The highest BCUT2D eigenvalue weighted by Crippen LogP contribution is 2.39. The molecule has 5 heteroatoms. The molecule has 0 heterocycles. The van der Waals surface area contributed by atoms with Gasteiger partial charge in [-0.1, -0.05) is 20.3 Å². The van der Waals surface area contributed by atoms with E-state index in [1.54, 1.807) is 4.90 Å². The molecule has 116 valence electrons. The molecule has 20 heavy (non-hydrogen) atoms. The van der Waals surface area contributed by atoms with Crippen LogP contribution in [0.25, 0.3) is 0 Å². The van der Waals surface area contributed by atoms with E-state index in [1.807, 2.05) is 0 Å². The summed E-state index contributed by atoms with van der Waals surface area (Å²) in [6.45, 7) is 5.24. The Bertz CT molecular complexity index is 336. The Hall–Kier alpha value is -1.10. The van der Waals surface area contributed by atoms with E-state index in [9.17, 15) is 9.59 Å². The maximum atomic E-state index is 12.8. The lowest BCUT2D eigenvalue weighted by Crippen LogP contribution is -2.52. The summed E-state index contributed by atoms with van der Waals surface area (Å²) >= 11 is 0. The van der Waals surface area contributed by atoms with Gasteiger partial charge in [0, 0.05) is 13.1 Å². The van der Waals surface area contributed by atoms with E-state index in [1.165, 1.54) is 0 Å². The molecule has 0 bridgehead atoms. The lowest BCUT2D eigenvalue weighted by atomic mass is 9.70. The highest BCUT2D eigenvalue weighted by atomic mass is 16.2. The van der Waals surface area contributed by atoms with Crippen LogP contribution in [0.3, 0.4) is 0 Å². The standard InChI is InChI=1S/C15H29N3O2/c1-3-4-9-18(10-13(17)19)14(20)15(11-16)7-5-12(2)6-8-15/h12H,3-11,16H2,1-2H3,(H2,17,19). The summed E-state index contributed by atoms with van der Waals surface area (Å²) in [6, 6.07) is 0. The van der Waals surface area contributed by atoms with Crippen LogP contribution in [0.5, 0.6) is 0 Å². The van der Waals surface area contributed by atoms with Crippen molar-refractivity contribution < 1.29 is 9.59 Å². The number of hydrogen-bond donors (Lipinski definition) is 2. The predicted octanol–water partition coefficient (Wildman–Crippen LogP) is 1.26. The molecule has 1 aliphatic carbocycles. The minimum Gasteiger partial charge on any atom is -0.368 e. The number of carbonyl (C=O) groups excluding carboxylic acids is 2. The van der Waals surface area contributed by atoms with E-state index in [4.69, 9.17) is 11.5 Å². The van der Waals surface area contributed by atoms with Crippen molar-refractivity contribution in [1.29, 1.82) is 0 Å². The fraction of sp³-hybridized carbons (Fsp3) is 0.867. The summed E-state index contributed by atoms with van der Waals surface area (Å²) in [5.74, 6) is 0.229. The van der Waals surface area contributed by atoms with Crippen LogP contribution >= 0.6 is 0 Å². The molecule has 0 radical (unpaired) electrons. The third-order valence-corrected chi connectivity index (χ3v) is 4.49. The van der Waals surface area contributed by atoms with E-state index in [0.717, 1.165) is 38.5 Å². The van der Waals surface area contributed by atoms with Gasteiger partial charge in [-0.05, 0) is 38.0 Å².